The van der Waals surface area contributed by atoms with E-state index >= 15 is 0 Å². The van der Waals surface area contributed by atoms with Crippen molar-refractivity contribution in [2.24, 2.45) is 5.92 Å². The van der Waals surface area contributed by atoms with Gasteiger partial charge in [-0.05, 0) is 45.6 Å². The van der Waals surface area contributed by atoms with Crippen molar-refractivity contribution in [3.63, 3.8) is 0 Å². The second kappa shape index (κ2) is 5.48. The van der Waals surface area contributed by atoms with Crippen molar-refractivity contribution in [1.29, 1.82) is 0 Å². The smallest absolute Gasteiger partial charge is 0.0583 e. The predicted molar refractivity (Wildman–Crippen MR) is 64.2 cm³/mol. The molecule has 0 radical (unpaired) electrons. The molecule has 1 saturated heterocycles. The van der Waals surface area contributed by atoms with E-state index in [0.717, 1.165) is 25.9 Å². The van der Waals surface area contributed by atoms with Crippen molar-refractivity contribution < 1.29 is 10.2 Å². The molecule has 1 aliphatic heterocycles. The van der Waals surface area contributed by atoms with E-state index < -0.39 is 0 Å². The zero-order chi connectivity index (χ0) is 11.5. The van der Waals surface area contributed by atoms with E-state index in [0.29, 0.717) is 12.0 Å². The zero-order valence-electron chi connectivity index (χ0n) is 10.3. The summed E-state index contributed by atoms with van der Waals surface area (Å²) in [5.41, 5.74) is 0. The molecule has 2 fully saturated rings. The lowest BCUT2D eigenvalue weighted by atomic mass is 9.94. The molecule has 0 aromatic carbocycles. The lowest BCUT2D eigenvalue weighted by Gasteiger charge is -2.31. The molecule has 94 valence electrons. The summed E-state index contributed by atoms with van der Waals surface area (Å²) in [4.78, 5) is 2.49. The van der Waals surface area contributed by atoms with E-state index in [2.05, 4.69) is 4.90 Å². The van der Waals surface area contributed by atoms with E-state index in [-0.39, 0.29) is 12.2 Å². The molecule has 2 N–H and O–H groups in total. The normalized spacial score (nSPS) is 38.1. The number of nitrogens with zero attached hydrogens (tertiary/aromatic N) is 1. The van der Waals surface area contributed by atoms with E-state index in [1.807, 2.05) is 6.92 Å². The number of hydrogen-bond donors (Lipinski definition) is 2. The SMILES string of the molecule is CC(O)CCN1CCCC1C1CCCC1O. The Labute approximate surface area is 98.5 Å². The van der Waals surface area contributed by atoms with Crippen LogP contribution >= 0.6 is 0 Å². The monoisotopic (exact) mass is 227 g/mol. The van der Waals surface area contributed by atoms with Gasteiger partial charge in [-0.25, -0.2) is 0 Å². The molecule has 3 heteroatoms. The maximum atomic E-state index is 9.97. The fourth-order valence-corrected chi connectivity index (χ4v) is 3.39. The van der Waals surface area contributed by atoms with Crippen LogP contribution in [0.4, 0.5) is 0 Å². The molecule has 4 atom stereocenters. The zero-order valence-corrected chi connectivity index (χ0v) is 10.3. The lowest BCUT2D eigenvalue weighted by Crippen LogP contribution is -2.40. The molecule has 0 bridgehead atoms. The summed E-state index contributed by atoms with van der Waals surface area (Å²) in [6, 6.07) is 0.580. The van der Waals surface area contributed by atoms with E-state index in [1.165, 1.54) is 25.7 Å². The Balaban J connectivity index is 1.87. The lowest BCUT2D eigenvalue weighted by molar-refractivity contribution is 0.0675. The average Bonchev–Trinajstić information content (AvgIpc) is 2.82. The van der Waals surface area contributed by atoms with Crippen LogP contribution in [-0.2, 0) is 0 Å². The second-order valence-electron chi connectivity index (χ2n) is 5.55. The molecule has 16 heavy (non-hydrogen) atoms. The van der Waals surface area contributed by atoms with E-state index in [4.69, 9.17) is 0 Å². The highest BCUT2D eigenvalue weighted by Crippen LogP contribution is 2.35. The topological polar surface area (TPSA) is 43.7 Å². The number of aliphatic hydroxyl groups excluding tert-OH is 2. The minimum Gasteiger partial charge on any atom is -0.393 e. The molecule has 0 amide bonds. The molecular weight excluding hydrogens is 202 g/mol. The van der Waals surface area contributed by atoms with Crippen LogP contribution < -0.4 is 0 Å². The third kappa shape index (κ3) is 2.76. The Bertz CT molecular complexity index is 220. The van der Waals surface area contributed by atoms with Gasteiger partial charge in [0, 0.05) is 18.5 Å². The van der Waals surface area contributed by atoms with E-state index in [9.17, 15) is 10.2 Å². The highest BCUT2D eigenvalue weighted by Gasteiger charge is 2.37. The summed E-state index contributed by atoms with van der Waals surface area (Å²) in [6.45, 7) is 4.00. The first-order valence-corrected chi connectivity index (χ1v) is 6.78. The third-order valence-electron chi connectivity index (χ3n) is 4.27. The summed E-state index contributed by atoms with van der Waals surface area (Å²) >= 11 is 0. The summed E-state index contributed by atoms with van der Waals surface area (Å²) in [6.07, 6.45) is 6.45. The Morgan fingerprint density at radius 3 is 2.69 bits per heavy atom. The van der Waals surface area contributed by atoms with Crippen molar-refractivity contribution in [3.8, 4) is 0 Å². The molecule has 0 aromatic rings. The molecule has 1 aliphatic carbocycles. The van der Waals surface area contributed by atoms with Gasteiger partial charge >= 0.3 is 0 Å². The van der Waals surface area contributed by atoms with Crippen LogP contribution in [0.5, 0.6) is 0 Å². The van der Waals surface area contributed by atoms with Crippen LogP contribution in [-0.4, -0.2) is 46.5 Å². The van der Waals surface area contributed by atoms with Crippen LogP contribution in [0.25, 0.3) is 0 Å². The fourth-order valence-electron chi connectivity index (χ4n) is 3.39. The summed E-state index contributed by atoms with van der Waals surface area (Å²) in [5, 5.41) is 19.3. The maximum Gasteiger partial charge on any atom is 0.0583 e. The molecule has 2 rings (SSSR count). The van der Waals surface area contributed by atoms with Gasteiger partial charge in [0.05, 0.1) is 12.2 Å². The van der Waals surface area contributed by atoms with Crippen LogP contribution in [0.15, 0.2) is 0 Å². The summed E-state index contributed by atoms with van der Waals surface area (Å²) < 4.78 is 0. The largest absolute Gasteiger partial charge is 0.393 e. The Kier molecular flexibility index (Phi) is 4.22. The van der Waals surface area contributed by atoms with Crippen molar-refractivity contribution in [3.05, 3.63) is 0 Å². The first kappa shape index (κ1) is 12.3. The molecule has 2 aliphatic rings. The summed E-state index contributed by atoms with van der Waals surface area (Å²) in [7, 11) is 0. The van der Waals surface area contributed by atoms with Gasteiger partial charge < -0.3 is 10.2 Å². The van der Waals surface area contributed by atoms with Gasteiger partial charge in [-0.15, -0.1) is 0 Å². The molecule has 4 unspecified atom stereocenters. The third-order valence-corrected chi connectivity index (χ3v) is 4.27. The van der Waals surface area contributed by atoms with E-state index in [1.54, 1.807) is 0 Å². The van der Waals surface area contributed by atoms with Crippen LogP contribution in [0, 0.1) is 5.92 Å². The quantitative estimate of drug-likeness (QED) is 0.762. The van der Waals surface area contributed by atoms with Crippen LogP contribution in [0.2, 0.25) is 0 Å². The van der Waals surface area contributed by atoms with Gasteiger partial charge in [-0.1, -0.05) is 6.42 Å². The van der Waals surface area contributed by atoms with Crippen LogP contribution in [0.1, 0.15) is 45.4 Å². The Morgan fingerprint density at radius 2 is 2.06 bits per heavy atom. The Morgan fingerprint density at radius 1 is 1.25 bits per heavy atom. The minimum atomic E-state index is -0.199. The van der Waals surface area contributed by atoms with Crippen molar-refractivity contribution in [2.75, 3.05) is 13.1 Å². The first-order valence-electron chi connectivity index (χ1n) is 6.78. The second-order valence-corrected chi connectivity index (χ2v) is 5.55. The maximum absolute atomic E-state index is 9.97. The van der Waals surface area contributed by atoms with Gasteiger partial charge in [-0.2, -0.15) is 0 Å². The minimum absolute atomic E-state index is 0.0721. The highest BCUT2D eigenvalue weighted by atomic mass is 16.3. The van der Waals surface area contributed by atoms with Gasteiger partial charge in [0.1, 0.15) is 0 Å². The summed E-state index contributed by atoms with van der Waals surface area (Å²) in [5.74, 6) is 0.497. The molecule has 1 saturated carbocycles. The van der Waals surface area contributed by atoms with Crippen LogP contribution in [0.3, 0.4) is 0 Å². The number of likely N-dealkylation sites (tertiary alicyclic amines) is 1. The predicted octanol–water partition coefficient (Wildman–Crippen LogP) is 1.38. The van der Waals surface area contributed by atoms with Crippen molar-refractivity contribution >= 4 is 0 Å². The van der Waals surface area contributed by atoms with Gasteiger partial charge in [-0.3, -0.25) is 4.90 Å². The standard InChI is InChI=1S/C13H25NO2/c1-10(15)7-9-14-8-3-5-12(14)11-4-2-6-13(11)16/h10-13,15-16H,2-9H2,1H3. The fraction of sp³-hybridized carbons (Fsp3) is 1.00. The number of rotatable bonds is 4. The molecule has 0 spiro atoms. The van der Waals surface area contributed by atoms with Gasteiger partial charge in [0.15, 0.2) is 0 Å². The molecule has 1 heterocycles. The Hall–Kier alpha value is -0.120. The first-order chi connectivity index (χ1) is 7.68. The van der Waals surface area contributed by atoms with Gasteiger partial charge in [0.2, 0.25) is 0 Å². The highest BCUT2D eigenvalue weighted by molar-refractivity contribution is 4.91. The van der Waals surface area contributed by atoms with Gasteiger partial charge in [0.25, 0.3) is 0 Å². The molecule has 3 nitrogen and oxygen atoms in total. The number of aliphatic hydroxyl groups is 2. The van der Waals surface area contributed by atoms with Crippen molar-refractivity contribution in [2.45, 2.75) is 63.7 Å². The average molecular weight is 227 g/mol. The van der Waals surface area contributed by atoms with Crippen molar-refractivity contribution in [1.82, 2.24) is 4.90 Å². The molecular formula is C13H25NO2. The molecule has 0 aromatic heterocycles. The number of hydrogen-bond acceptors (Lipinski definition) is 3.